The van der Waals surface area contributed by atoms with Crippen LogP contribution in [0.2, 0.25) is 0 Å². The van der Waals surface area contributed by atoms with Gasteiger partial charge in [0.05, 0.1) is 6.54 Å². The number of hydrogen-bond donors (Lipinski definition) is 2. The normalized spacial score (nSPS) is 21.1. The molecule has 2 aliphatic carbocycles. The molecule has 1 aliphatic heterocycles. The van der Waals surface area contributed by atoms with Crippen molar-refractivity contribution in [3.63, 3.8) is 0 Å². The van der Waals surface area contributed by atoms with Crippen LogP contribution in [0.15, 0.2) is 34.9 Å². The van der Waals surface area contributed by atoms with Crippen LogP contribution in [0.3, 0.4) is 0 Å². The summed E-state index contributed by atoms with van der Waals surface area (Å²) < 4.78 is 46.7. The Kier molecular flexibility index (Phi) is 5.64. The Morgan fingerprint density at radius 1 is 1.22 bits per heavy atom. The van der Waals surface area contributed by atoms with E-state index >= 15 is 0 Å². The predicted octanol–water partition coefficient (Wildman–Crippen LogP) is 3.92. The van der Waals surface area contributed by atoms with Gasteiger partial charge >= 0.3 is 12.2 Å². The summed E-state index contributed by atoms with van der Waals surface area (Å²) in [5.41, 5.74) is 2.13. The molecule has 3 heterocycles. The zero-order valence-electron chi connectivity index (χ0n) is 20.2. The topological polar surface area (TPSA) is 105 Å². The van der Waals surface area contributed by atoms with Gasteiger partial charge in [0.15, 0.2) is 5.58 Å². The number of hydrogen-bond acceptors (Lipinski definition) is 5. The van der Waals surface area contributed by atoms with E-state index in [4.69, 9.17) is 9.40 Å². The number of carbonyl (C=O) groups is 2. The average Bonchev–Trinajstić information content (AvgIpc) is 3.74. The first-order valence-corrected chi connectivity index (χ1v) is 12.5. The van der Waals surface area contributed by atoms with Crippen molar-refractivity contribution < 1.29 is 27.2 Å². The number of benzene rings is 1. The van der Waals surface area contributed by atoms with Gasteiger partial charge in [0.1, 0.15) is 23.3 Å². The molecule has 3 fully saturated rings. The fourth-order valence-corrected chi connectivity index (χ4v) is 5.38. The van der Waals surface area contributed by atoms with E-state index < -0.39 is 30.8 Å². The van der Waals surface area contributed by atoms with Crippen LogP contribution in [0.5, 0.6) is 0 Å². The molecule has 2 atom stereocenters. The van der Waals surface area contributed by atoms with Gasteiger partial charge in [0.25, 0.3) is 5.91 Å². The van der Waals surface area contributed by atoms with Crippen molar-refractivity contribution in [2.45, 2.75) is 50.5 Å². The molecular weight excluding hydrogens is 489 g/mol. The van der Waals surface area contributed by atoms with E-state index in [1.807, 2.05) is 5.32 Å². The van der Waals surface area contributed by atoms with E-state index in [2.05, 4.69) is 10.4 Å². The number of alkyl halides is 3. The zero-order valence-corrected chi connectivity index (χ0v) is 20.2. The van der Waals surface area contributed by atoms with Crippen LogP contribution in [0, 0.1) is 17.8 Å². The highest BCUT2D eigenvalue weighted by Gasteiger charge is 2.48. The van der Waals surface area contributed by atoms with Crippen molar-refractivity contribution in [2.24, 2.45) is 24.8 Å². The molecule has 9 nitrogen and oxygen atoms in total. The van der Waals surface area contributed by atoms with E-state index in [9.17, 15) is 22.8 Å². The molecule has 6 rings (SSSR count). The number of nitrogens with zero attached hydrogens (tertiary/aromatic N) is 4. The summed E-state index contributed by atoms with van der Waals surface area (Å²) in [5.74, 6) is 1.40. The molecule has 0 unspecified atom stereocenters. The van der Waals surface area contributed by atoms with Crippen molar-refractivity contribution in [2.75, 3.05) is 6.54 Å². The first-order valence-electron chi connectivity index (χ1n) is 12.5. The Balaban J connectivity index is 1.26. The number of halogens is 3. The third-order valence-corrected chi connectivity index (χ3v) is 7.55. The van der Waals surface area contributed by atoms with Crippen LogP contribution >= 0.6 is 0 Å². The van der Waals surface area contributed by atoms with Crippen LogP contribution in [0.1, 0.15) is 53.7 Å². The Bertz CT molecular complexity index is 1330. The Morgan fingerprint density at radius 2 is 1.95 bits per heavy atom. The summed E-state index contributed by atoms with van der Waals surface area (Å²) in [6, 6.07) is 3.76. The molecule has 3 aromatic rings. The molecule has 0 spiro atoms. The third kappa shape index (κ3) is 4.76. The number of rotatable bonds is 8. The van der Waals surface area contributed by atoms with Gasteiger partial charge in [-0.3, -0.25) is 9.48 Å². The predicted molar refractivity (Wildman–Crippen MR) is 125 cm³/mol. The largest absolute Gasteiger partial charge is 0.438 e. The second-order valence-corrected chi connectivity index (χ2v) is 10.3. The summed E-state index contributed by atoms with van der Waals surface area (Å²) in [6.07, 6.45) is 1.52. The van der Waals surface area contributed by atoms with Crippen molar-refractivity contribution in [1.82, 2.24) is 30.3 Å². The fourth-order valence-electron chi connectivity index (χ4n) is 5.38. The molecular formula is C25H27F3N6O3. The highest BCUT2D eigenvalue weighted by molar-refractivity contribution is 5.92. The summed E-state index contributed by atoms with van der Waals surface area (Å²) >= 11 is 0. The number of aryl methyl sites for hydroxylation is 1. The lowest BCUT2D eigenvalue weighted by Gasteiger charge is -2.25. The number of nitrogens with one attached hydrogen (secondary N) is 2. The molecule has 3 amide bonds. The Morgan fingerprint density at radius 3 is 2.54 bits per heavy atom. The van der Waals surface area contributed by atoms with Gasteiger partial charge in [-0.15, -0.1) is 0 Å². The number of oxazole rings is 1. The molecule has 0 bridgehead atoms. The lowest BCUT2D eigenvalue weighted by molar-refractivity contribution is -0.149. The molecule has 1 saturated heterocycles. The molecule has 3 aliphatic rings. The minimum absolute atomic E-state index is 0.0178. The standard InChI is InChI=1S/C25H27F3N6O3/c1-33-17(8-9-29-33)22(35)32-21(20(14-3-4-14)15-5-6-15)23-30-16-10-13(2-7-18(16)37-23)11-34-12-19(25(26,27)28)31-24(34)36/h2,7-10,14-15,19-21H,3-6,11-12H2,1H3,(H,31,36)(H,32,35)/t19-,21-/m0/s1. The second kappa shape index (κ2) is 8.77. The summed E-state index contributed by atoms with van der Waals surface area (Å²) in [7, 11) is 1.71. The van der Waals surface area contributed by atoms with Crippen molar-refractivity contribution in [1.29, 1.82) is 0 Å². The number of aromatic nitrogens is 3. The molecule has 2 N–H and O–H groups in total. The molecule has 12 heteroatoms. The van der Waals surface area contributed by atoms with E-state index in [0.717, 1.165) is 30.6 Å². The molecule has 1 aromatic carbocycles. The number of carbonyl (C=O) groups excluding carboxylic acids is 2. The minimum atomic E-state index is -4.50. The maximum Gasteiger partial charge on any atom is 0.410 e. The van der Waals surface area contributed by atoms with Crippen molar-refractivity contribution in [3.8, 4) is 0 Å². The van der Waals surface area contributed by atoms with Crippen LogP contribution in [-0.4, -0.2) is 50.4 Å². The van der Waals surface area contributed by atoms with Gasteiger partial charge < -0.3 is 20.0 Å². The summed E-state index contributed by atoms with van der Waals surface area (Å²) in [4.78, 5) is 31.0. The summed E-state index contributed by atoms with van der Waals surface area (Å²) in [6.45, 7) is -0.430. The first-order chi connectivity index (χ1) is 17.7. The van der Waals surface area contributed by atoms with Crippen LogP contribution in [-0.2, 0) is 13.6 Å². The lowest BCUT2D eigenvalue weighted by atomic mass is 9.89. The van der Waals surface area contributed by atoms with E-state index in [-0.39, 0.29) is 18.4 Å². The maximum absolute atomic E-state index is 13.1. The van der Waals surface area contributed by atoms with Crippen LogP contribution < -0.4 is 10.6 Å². The maximum atomic E-state index is 13.1. The first kappa shape index (κ1) is 23.8. The quantitative estimate of drug-likeness (QED) is 0.472. The van der Waals surface area contributed by atoms with Gasteiger partial charge in [-0.05, 0) is 67.2 Å². The SMILES string of the molecule is Cn1nccc1C(=O)N[C@H](c1nc2cc(CN3C[C@@H](C(F)(F)F)NC3=O)ccc2o1)C(C1CC1)C1CC1. The van der Waals surface area contributed by atoms with Gasteiger partial charge in [-0.25, -0.2) is 9.78 Å². The molecule has 196 valence electrons. The van der Waals surface area contributed by atoms with Crippen LogP contribution in [0.25, 0.3) is 11.1 Å². The monoisotopic (exact) mass is 516 g/mol. The number of fused-ring (bicyclic) bond motifs is 1. The van der Waals surface area contributed by atoms with Gasteiger partial charge in [0.2, 0.25) is 5.89 Å². The molecule has 37 heavy (non-hydrogen) atoms. The second-order valence-electron chi connectivity index (χ2n) is 10.3. The van der Waals surface area contributed by atoms with Gasteiger partial charge in [-0.1, -0.05) is 6.07 Å². The fraction of sp³-hybridized carbons (Fsp3) is 0.520. The molecule has 2 aromatic heterocycles. The van der Waals surface area contributed by atoms with Crippen molar-refractivity contribution >= 4 is 23.0 Å². The highest BCUT2D eigenvalue weighted by Crippen LogP contribution is 2.54. The van der Waals surface area contributed by atoms with Crippen molar-refractivity contribution in [3.05, 3.63) is 47.6 Å². The van der Waals surface area contributed by atoms with E-state index in [1.165, 1.54) is 4.68 Å². The van der Waals surface area contributed by atoms with E-state index in [0.29, 0.717) is 40.1 Å². The van der Waals surface area contributed by atoms with Gasteiger partial charge in [-0.2, -0.15) is 18.3 Å². The summed E-state index contributed by atoms with van der Waals surface area (Å²) in [5, 5.41) is 9.22. The van der Waals surface area contributed by atoms with E-state index in [1.54, 1.807) is 37.5 Å². The Labute approximate surface area is 210 Å². The van der Waals surface area contributed by atoms with Crippen LogP contribution in [0.4, 0.5) is 18.0 Å². The molecule has 0 radical (unpaired) electrons. The number of amides is 3. The Hall–Kier alpha value is -3.57. The zero-order chi connectivity index (χ0) is 25.9. The van der Waals surface area contributed by atoms with Gasteiger partial charge in [0, 0.05) is 19.8 Å². The lowest BCUT2D eigenvalue weighted by Crippen LogP contribution is -2.40. The number of urea groups is 1. The minimum Gasteiger partial charge on any atom is -0.438 e. The molecule has 2 saturated carbocycles. The smallest absolute Gasteiger partial charge is 0.410 e. The third-order valence-electron chi connectivity index (χ3n) is 7.55. The highest BCUT2D eigenvalue weighted by atomic mass is 19.4. The average molecular weight is 517 g/mol.